The minimum Gasteiger partial charge on any atom is -0.346 e. The minimum atomic E-state index is -0.0397. The quantitative estimate of drug-likeness (QED) is 0.460. The summed E-state index contributed by atoms with van der Waals surface area (Å²) in [7, 11) is 0. The molecule has 16 heavy (non-hydrogen) atoms. The molecule has 0 aliphatic rings. The summed E-state index contributed by atoms with van der Waals surface area (Å²) in [4.78, 5) is 19.3. The lowest BCUT2D eigenvalue weighted by molar-refractivity contribution is 1.12. The van der Waals surface area contributed by atoms with Crippen molar-refractivity contribution in [1.29, 1.82) is 0 Å². The van der Waals surface area contributed by atoms with Gasteiger partial charge in [0.05, 0.1) is 11.6 Å². The van der Waals surface area contributed by atoms with E-state index in [9.17, 15) is 4.79 Å². The molecule has 0 spiro atoms. The molecule has 0 bridgehead atoms. The van der Waals surface area contributed by atoms with Crippen LogP contribution in [-0.2, 0) is 0 Å². The zero-order valence-corrected chi connectivity index (χ0v) is 8.11. The van der Waals surface area contributed by atoms with Gasteiger partial charge in [0.25, 0.3) is 0 Å². The van der Waals surface area contributed by atoms with Crippen LogP contribution in [0, 0.1) is 0 Å². The third-order valence-corrected chi connectivity index (χ3v) is 2.97. The van der Waals surface area contributed by atoms with E-state index in [0.717, 1.165) is 21.8 Å². The number of fused-ring (bicyclic) bond motifs is 2. The number of pyridine rings is 1. The van der Waals surface area contributed by atoms with Crippen LogP contribution in [-0.4, -0.2) is 20.2 Å². The molecule has 0 amide bonds. The number of hydrogen-bond acceptors (Lipinski definition) is 3. The minimum absolute atomic E-state index is 0.0397. The first kappa shape index (κ1) is 7.81. The Balaban J connectivity index is 2.58. The average molecular weight is 210 g/mol. The molecule has 0 radical (unpaired) electrons. The second kappa shape index (κ2) is 2.38. The third-order valence-electron chi connectivity index (χ3n) is 2.97. The summed E-state index contributed by atoms with van der Waals surface area (Å²) in [6.07, 6.45) is 5.11. The Morgan fingerprint density at radius 1 is 1.12 bits per heavy atom. The lowest BCUT2D eigenvalue weighted by Gasteiger charge is -1.98. The maximum absolute atomic E-state index is 12.1. The van der Waals surface area contributed by atoms with Gasteiger partial charge < -0.3 is 4.98 Å². The molecule has 2 N–H and O–H groups in total. The molecule has 0 unspecified atom stereocenters. The zero-order chi connectivity index (χ0) is 10.7. The van der Waals surface area contributed by atoms with Gasteiger partial charge in [-0.25, -0.2) is 4.98 Å². The van der Waals surface area contributed by atoms with Crippen molar-refractivity contribution in [3.05, 3.63) is 34.9 Å². The van der Waals surface area contributed by atoms with Crippen molar-refractivity contribution in [1.82, 2.24) is 20.2 Å². The van der Waals surface area contributed by atoms with Crippen LogP contribution in [0.4, 0.5) is 0 Å². The van der Waals surface area contributed by atoms with Crippen molar-refractivity contribution >= 4 is 32.7 Å². The Hall–Kier alpha value is -2.43. The highest BCUT2D eigenvalue weighted by Crippen LogP contribution is 2.27. The largest absolute Gasteiger partial charge is 0.346 e. The van der Waals surface area contributed by atoms with Crippen LogP contribution in [0.5, 0.6) is 0 Å². The molecule has 4 rings (SSSR count). The van der Waals surface area contributed by atoms with Crippen LogP contribution in [0.15, 0.2) is 29.5 Å². The van der Waals surface area contributed by atoms with E-state index in [1.807, 2.05) is 12.3 Å². The number of nitrogens with one attached hydrogen (secondary N) is 2. The number of benzene rings is 1. The molecule has 76 valence electrons. The zero-order valence-electron chi connectivity index (χ0n) is 8.11. The van der Waals surface area contributed by atoms with Crippen LogP contribution < -0.4 is 5.43 Å². The normalized spacial score (nSPS) is 12.0. The summed E-state index contributed by atoms with van der Waals surface area (Å²) in [5, 5.41) is 10.1. The SMILES string of the molecule is O=c1c2cnc3[nH]ccc(c4cn[nH]c14)c32. The molecule has 5 heteroatoms. The molecule has 5 nitrogen and oxygen atoms in total. The van der Waals surface area contributed by atoms with Crippen molar-refractivity contribution in [3.8, 4) is 0 Å². The van der Waals surface area contributed by atoms with Crippen LogP contribution >= 0.6 is 0 Å². The highest BCUT2D eigenvalue weighted by Gasteiger charge is 2.14. The Morgan fingerprint density at radius 3 is 3.00 bits per heavy atom. The molecular formula is C11H6N4O. The van der Waals surface area contributed by atoms with E-state index in [-0.39, 0.29) is 5.43 Å². The lowest BCUT2D eigenvalue weighted by Crippen LogP contribution is -2.01. The van der Waals surface area contributed by atoms with Gasteiger partial charge in [0.15, 0.2) is 0 Å². The summed E-state index contributed by atoms with van der Waals surface area (Å²) in [5.74, 6) is 0. The van der Waals surface area contributed by atoms with E-state index >= 15 is 0 Å². The summed E-state index contributed by atoms with van der Waals surface area (Å²) in [5.41, 5.74) is 1.25. The van der Waals surface area contributed by atoms with Gasteiger partial charge in [0.1, 0.15) is 11.2 Å². The number of H-pyrrole nitrogens is 2. The van der Waals surface area contributed by atoms with Gasteiger partial charge in [-0.2, -0.15) is 5.10 Å². The molecule has 3 heterocycles. The number of rotatable bonds is 0. The molecule has 4 aromatic rings. The second-order valence-electron chi connectivity index (χ2n) is 3.77. The van der Waals surface area contributed by atoms with Gasteiger partial charge in [-0.15, -0.1) is 0 Å². The first-order chi connectivity index (χ1) is 7.86. The second-order valence-corrected chi connectivity index (χ2v) is 3.77. The van der Waals surface area contributed by atoms with E-state index in [0.29, 0.717) is 10.9 Å². The van der Waals surface area contributed by atoms with Gasteiger partial charge in [0.2, 0.25) is 5.43 Å². The Labute approximate surface area is 88.5 Å². The van der Waals surface area contributed by atoms with Crippen molar-refractivity contribution in [2.45, 2.75) is 0 Å². The number of aromatic amines is 2. The van der Waals surface area contributed by atoms with E-state index in [1.54, 1.807) is 12.4 Å². The summed E-state index contributed by atoms with van der Waals surface area (Å²) < 4.78 is 0. The van der Waals surface area contributed by atoms with E-state index in [4.69, 9.17) is 0 Å². The Kier molecular flexibility index (Phi) is 1.16. The van der Waals surface area contributed by atoms with Gasteiger partial charge in [-0.3, -0.25) is 9.89 Å². The highest BCUT2D eigenvalue weighted by molar-refractivity contribution is 6.18. The van der Waals surface area contributed by atoms with E-state index in [1.165, 1.54) is 0 Å². The number of hydrogen-bond donors (Lipinski definition) is 2. The fourth-order valence-corrected chi connectivity index (χ4v) is 2.25. The smallest absolute Gasteiger partial charge is 0.213 e. The topological polar surface area (TPSA) is 74.4 Å². The van der Waals surface area contributed by atoms with E-state index < -0.39 is 0 Å². The third kappa shape index (κ3) is 0.713. The van der Waals surface area contributed by atoms with E-state index in [2.05, 4.69) is 20.2 Å². The van der Waals surface area contributed by atoms with Crippen LogP contribution in [0.25, 0.3) is 32.7 Å². The van der Waals surface area contributed by atoms with Crippen LogP contribution in [0.2, 0.25) is 0 Å². The van der Waals surface area contributed by atoms with Gasteiger partial charge in [-0.1, -0.05) is 0 Å². The van der Waals surface area contributed by atoms with Gasteiger partial charge in [0, 0.05) is 23.2 Å². The molecule has 0 saturated heterocycles. The molecule has 0 atom stereocenters. The number of nitrogens with zero attached hydrogens (tertiary/aromatic N) is 2. The van der Waals surface area contributed by atoms with Crippen LogP contribution in [0.1, 0.15) is 0 Å². The first-order valence-corrected chi connectivity index (χ1v) is 4.91. The highest BCUT2D eigenvalue weighted by atomic mass is 16.1. The summed E-state index contributed by atoms with van der Waals surface area (Å²) in [6.45, 7) is 0. The van der Waals surface area contributed by atoms with Crippen molar-refractivity contribution in [2.24, 2.45) is 0 Å². The first-order valence-electron chi connectivity index (χ1n) is 4.91. The van der Waals surface area contributed by atoms with Crippen LogP contribution in [0.3, 0.4) is 0 Å². The molecule has 0 saturated carbocycles. The fourth-order valence-electron chi connectivity index (χ4n) is 2.25. The van der Waals surface area contributed by atoms with Crippen molar-refractivity contribution in [3.63, 3.8) is 0 Å². The molecule has 0 aliphatic heterocycles. The maximum Gasteiger partial charge on any atom is 0.213 e. The molecule has 1 aromatic carbocycles. The lowest BCUT2D eigenvalue weighted by atomic mass is 10.1. The molecule has 0 fully saturated rings. The number of aromatic nitrogens is 4. The fraction of sp³-hybridized carbons (Fsp3) is 0. The maximum atomic E-state index is 12.1. The molecule has 0 aliphatic carbocycles. The predicted molar refractivity (Wildman–Crippen MR) is 60.7 cm³/mol. The van der Waals surface area contributed by atoms with Crippen molar-refractivity contribution < 1.29 is 0 Å². The van der Waals surface area contributed by atoms with Gasteiger partial charge >= 0.3 is 0 Å². The predicted octanol–water partition coefficient (Wildman–Crippen LogP) is 1.39. The average Bonchev–Trinajstić information content (AvgIpc) is 2.93. The van der Waals surface area contributed by atoms with Gasteiger partial charge in [-0.05, 0) is 11.5 Å². The Bertz CT molecular complexity index is 874. The van der Waals surface area contributed by atoms with Crippen molar-refractivity contribution in [2.75, 3.05) is 0 Å². The molecular weight excluding hydrogens is 204 g/mol. The summed E-state index contributed by atoms with van der Waals surface area (Å²) >= 11 is 0. The summed E-state index contributed by atoms with van der Waals surface area (Å²) in [6, 6.07) is 1.94. The molecule has 3 aromatic heterocycles. The standard InChI is InChI=1S/C11H6N4O/c16-10-7-3-13-11-8(7)5(1-2-12-11)6-4-14-15-9(6)10/h1-4H,(H,12,13)(H,14,15). The Morgan fingerprint density at radius 2 is 2.06 bits per heavy atom. The monoisotopic (exact) mass is 210 g/mol.